The van der Waals surface area contributed by atoms with Crippen LogP contribution in [-0.4, -0.2) is 30.9 Å². The smallest absolute Gasteiger partial charge is 0.412 e. The fraction of sp³-hybridized carbons (Fsp3) is 0.562. The molecule has 1 aromatic carbocycles. The second-order valence-corrected chi connectivity index (χ2v) is 6.19. The zero-order chi connectivity index (χ0) is 15.3. The number of hydrogen-bond acceptors (Lipinski definition) is 4. The number of benzene rings is 1. The van der Waals surface area contributed by atoms with Gasteiger partial charge in [0.1, 0.15) is 5.60 Å². The highest BCUT2D eigenvalue weighted by Crippen LogP contribution is 2.23. The van der Waals surface area contributed by atoms with Crippen molar-refractivity contribution in [1.29, 1.82) is 0 Å². The van der Waals surface area contributed by atoms with Gasteiger partial charge < -0.3 is 14.8 Å². The van der Waals surface area contributed by atoms with E-state index in [2.05, 4.69) is 10.6 Å². The molecule has 21 heavy (non-hydrogen) atoms. The first-order valence-corrected chi connectivity index (χ1v) is 7.38. The van der Waals surface area contributed by atoms with E-state index in [1.807, 2.05) is 45.0 Å². The maximum absolute atomic E-state index is 11.9. The Morgan fingerprint density at radius 3 is 2.67 bits per heavy atom. The van der Waals surface area contributed by atoms with Gasteiger partial charge in [0.15, 0.2) is 0 Å². The Hall–Kier alpha value is -1.75. The van der Waals surface area contributed by atoms with Crippen LogP contribution < -0.4 is 10.6 Å². The Kier molecular flexibility index (Phi) is 5.07. The van der Waals surface area contributed by atoms with E-state index in [0.717, 1.165) is 31.7 Å². The standard InChI is InChI=1S/C16H24N2O3/c1-16(2,3)21-15(19)18-14-9-5-4-8-13(14)17-11-12-7-6-10-20-12/h4-5,8-9,12,17H,6-7,10-11H2,1-3H3,(H,18,19). The molecule has 0 aromatic heterocycles. The van der Waals surface area contributed by atoms with Crippen LogP contribution >= 0.6 is 0 Å². The maximum Gasteiger partial charge on any atom is 0.412 e. The molecule has 1 aliphatic rings. The largest absolute Gasteiger partial charge is 0.444 e. The lowest BCUT2D eigenvalue weighted by Crippen LogP contribution is -2.27. The third-order valence-corrected chi connectivity index (χ3v) is 3.11. The Bertz CT molecular complexity index is 477. The third-order valence-electron chi connectivity index (χ3n) is 3.11. The molecule has 0 radical (unpaired) electrons. The number of ether oxygens (including phenoxy) is 2. The van der Waals surface area contributed by atoms with Crippen LogP contribution in [-0.2, 0) is 9.47 Å². The SMILES string of the molecule is CC(C)(C)OC(=O)Nc1ccccc1NCC1CCCO1. The van der Waals surface area contributed by atoms with Crippen molar-refractivity contribution in [2.24, 2.45) is 0 Å². The molecule has 5 heteroatoms. The fourth-order valence-electron chi connectivity index (χ4n) is 2.19. The summed E-state index contributed by atoms with van der Waals surface area (Å²) in [5, 5.41) is 6.11. The van der Waals surface area contributed by atoms with Crippen molar-refractivity contribution >= 4 is 17.5 Å². The molecule has 1 fully saturated rings. The van der Waals surface area contributed by atoms with Crippen LogP contribution in [0.4, 0.5) is 16.2 Å². The second kappa shape index (κ2) is 6.80. The van der Waals surface area contributed by atoms with Gasteiger partial charge in [0, 0.05) is 13.2 Å². The molecular formula is C16H24N2O3. The summed E-state index contributed by atoms with van der Waals surface area (Å²) in [7, 11) is 0. The first-order chi connectivity index (χ1) is 9.94. The van der Waals surface area contributed by atoms with Gasteiger partial charge in [-0.25, -0.2) is 4.79 Å². The molecule has 0 saturated carbocycles. The summed E-state index contributed by atoms with van der Waals surface area (Å²) < 4.78 is 10.9. The van der Waals surface area contributed by atoms with Crippen LogP contribution in [0.5, 0.6) is 0 Å². The lowest BCUT2D eigenvalue weighted by Gasteiger charge is -2.21. The van der Waals surface area contributed by atoms with Gasteiger partial charge in [0.25, 0.3) is 0 Å². The van der Waals surface area contributed by atoms with Crippen molar-refractivity contribution in [3.05, 3.63) is 24.3 Å². The summed E-state index contributed by atoms with van der Waals surface area (Å²) in [6.07, 6.45) is 1.99. The number of carbonyl (C=O) groups excluding carboxylic acids is 1. The van der Waals surface area contributed by atoms with Crippen molar-refractivity contribution < 1.29 is 14.3 Å². The van der Waals surface area contributed by atoms with E-state index in [1.54, 1.807) is 0 Å². The molecule has 1 atom stereocenters. The van der Waals surface area contributed by atoms with Crippen molar-refractivity contribution in [1.82, 2.24) is 0 Å². The fourth-order valence-corrected chi connectivity index (χ4v) is 2.19. The molecule has 1 unspecified atom stereocenters. The molecule has 5 nitrogen and oxygen atoms in total. The molecule has 2 N–H and O–H groups in total. The minimum atomic E-state index is -0.510. The third kappa shape index (κ3) is 5.27. The van der Waals surface area contributed by atoms with Crippen molar-refractivity contribution in [2.45, 2.75) is 45.3 Å². The van der Waals surface area contributed by atoms with E-state index in [9.17, 15) is 4.79 Å². The lowest BCUT2D eigenvalue weighted by molar-refractivity contribution is 0.0636. The first kappa shape index (κ1) is 15.6. The van der Waals surface area contributed by atoms with Gasteiger partial charge in [-0.1, -0.05) is 12.1 Å². The number of carbonyl (C=O) groups is 1. The number of anilines is 2. The van der Waals surface area contributed by atoms with Gasteiger partial charge in [-0.15, -0.1) is 0 Å². The van der Waals surface area contributed by atoms with Gasteiger partial charge in [0.2, 0.25) is 0 Å². The molecular weight excluding hydrogens is 268 g/mol. The summed E-state index contributed by atoms with van der Waals surface area (Å²) in [6, 6.07) is 7.59. The Balaban J connectivity index is 1.94. The van der Waals surface area contributed by atoms with Crippen molar-refractivity contribution in [3.8, 4) is 0 Å². The normalized spacial score (nSPS) is 18.3. The average Bonchev–Trinajstić information content (AvgIpc) is 2.88. The molecule has 0 spiro atoms. The van der Waals surface area contributed by atoms with E-state index >= 15 is 0 Å². The average molecular weight is 292 g/mol. The Labute approximate surface area is 126 Å². The van der Waals surface area contributed by atoms with Crippen LogP contribution in [0.25, 0.3) is 0 Å². The quantitative estimate of drug-likeness (QED) is 0.889. The van der Waals surface area contributed by atoms with Crippen molar-refractivity contribution in [2.75, 3.05) is 23.8 Å². The van der Waals surface area contributed by atoms with E-state index in [0.29, 0.717) is 5.69 Å². The highest BCUT2D eigenvalue weighted by molar-refractivity contribution is 5.89. The summed E-state index contributed by atoms with van der Waals surface area (Å²) >= 11 is 0. The summed E-state index contributed by atoms with van der Waals surface area (Å²) in [6.45, 7) is 7.10. The number of hydrogen-bond donors (Lipinski definition) is 2. The van der Waals surface area contributed by atoms with Crippen molar-refractivity contribution in [3.63, 3.8) is 0 Å². The van der Waals surface area contributed by atoms with E-state index in [4.69, 9.17) is 9.47 Å². The molecule has 116 valence electrons. The molecule has 1 aromatic rings. The van der Waals surface area contributed by atoms with Gasteiger partial charge in [-0.2, -0.15) is 0 Å². The van der Waals surface area contributed by atoms with Gasteiger partial charge in [0.05, 0.1) is 17.5 Å². The zero-order valence-electron chi connectivity index (χ0n) is 12.9. The molecule has 0 bridgehead atoms. The van der Waals surface area contributed by atoms with Crippen LogP contribution in [0.15, 0.2) is 24.3 Å². The summed E-state index contributed by atoms with van der Waals surface area (Å²) in [5.74, 6) is 0. The van der Waals surface area contributed by atoms with Crippen LogP contribution in [0.1, 0.15) is 33.6 Å². The monoisotopic (exact) mass is 292 g/mol. The van der Waals surface area contributed by atoms with E-state index < -0.39 is 11.7 Å². The topological polar surface area (TPSA) is 59.6 Å². The van der Waals surface area contributed by atoms with Crippen LogP contribution in [0.2, 0.25) is 0 Å². The lowest BCUT2D eigenvalue weighted by atomic mass is 10.2. The van der Waals surface area contributed by atoms with E-state index in [-0.39, 0.29) is 6.10 Å². The van der Waals surface area contributed by atoms with Gasteiger partial charge >= 0.3 is 6.09 Å². The van der Waals surface area contributed by atoms with Crippen LogP contribution in [0.3, 0.4) is 0 Å². The van der Waals surface area contributed by atoms with E-state index in [1.165, 1.54) is 0 Å². The number of para-hydroxylation sites is 2. The van der Waals surface area contributed by atoms with Gasteiger partial charge in [-0.3, -0.25) is 5.32 Å². The van der Waals surface area contributed by atoms with Gasteiger partial charge in [-0.05, 0) is 45.7 Å². The second-order valence-electron chi connectivity index (χ2n) is 6.19. The maximum atomic E-state index is 11.9. The highest BCUT2D eigenvalue weighted by atomic mass is 16.6. The number of nitrogens with one attached hydrogen (secondary N) is 2. The predicted octanol–water partition coefficient (Wildman–Crippen LogP) is 3.62. The molecule has 1 heterocycles. The Morgan fingerprint density at radius 2 is 2.05 bits per heavy atom. The first-order valence-electron chi connectivity index (χ1n) is 7.38. The summed E-state index contributed by atoms with van der Waals surface area (Å²) in [5.41, 5.74) is 1.08. The summed E-state index contributed by atoms with van der Waals surface area (Å²) in [4.78, 5) is 11.9. The number of rotatable bonds is 4. The predicted molar refractivity (Wildman–Crippen MR) is 83.8 cm³/mol. The molecule has 0 aliphatic carbocycles. The Morgan fingerprint density at radius 1 is 1.33 bits per heavy atom. The molecule has 1 saturated heterocycles. The highest BCUT2D eigenvalue weighted by Gasteiger charge is 2.18. The minimum absolute atomic E-state index is 0.250. The molecule has 1 amide bonds. The number of amides is 1. The zero-order valence-corrected chi connectivity index (χ0v) is 12.9. The minimum Gasteiger partial charge on any atom is -0.444 e. The molecule has 2 rings (SSSR count). The molecule has 1 aliphatic heterocycles. The van der Waals surface area contributed by atoms with Crippen LogP contribution in [0, 0.1) is 0 Å².